The number of allylic oxidation sites excluding steroid dienone is 2. The van der Waals surface area contributed by atoms with Crippen LogP contribution in [-0.4, -0.2) is 96.6 Å². The first kappa shape index (κ1) is 21.9. The highest BCUT2D eigenvalue weighted by molar-refractivity contribution is 6.16. The third kappa shape index (κ3) is 4.72. The molecule has 0 atom stereocenters. The van der Waals surface area contributed by atoms with Crippen LogP contribution in [0.2, 0.25) is 0 Å². The van der Waals surface area contributed by atoms with Gasteiger partial charge in [0.05, 0.1) is 18.0 Å². The summed E-state index contributed by atoms with van der Waals surface area (Å²) in [6, 6.07) is 7.18. The lowest BCUT2D eigenvalue weighted by Gasteiger charge is -2.49. The Bertz CT molecular complexity index is 1110. The molecule has 2 aromatic rings. The number of hydrogen-bond donors (Lipinski definition) is 1. The topological polar surface area (TPSA) is 72.5 Å². The van der Waals surface area contributed by atoms with Crippen molar-refractivity contribution in [2.75, 3.05) is 64.7 Å². The van der Waals surface area contributed by atoms with Gasteiger partial charge in [-0.25, -0.2) is 0 Å². The number of aliphatic imine (C=N–C) groups is 2. The Kier molecular flexibility index (Phi) is 6.28. The Labute approximate surface area is 195 Å². The van der Waals surface area contributed by atoms with Crippen LogP contribution in [0.25, 0.3) is 11.1 Å². The maximum Gasteiger partial charge on any atom is 0.295 e. The van der Waals surface area contributed by atoms with Gasteiger partial charge in [-0.15, -0.1) is 0 Å². The van der Waals surface area contributed by atoms with Gasteiger partial charge in [-0.1, -0.05) is 6.92 Å². The van der Waals surface area contributed by atoms with Gasteiger partial charge in [0.25, 0.3) is 6.01 Å². The summed E-state index contributed by atoms with van der Waals surface area (Å²) < 4.78 is 5.60. The number of hydrogen-bond acceptors (Lipinski definition) is 8. The molecular formula is C25H33N7O. The van der Waals surface area contributed by atoms with Crippen molar-refractivity contribution in [3.8, 4) is 0 Å². The average molecular weight is 448 g/mol. The third-order valence-electron chi connectivity index (χ3n) is 6.89. The number of nitrogens with zero attached hydrogens (tertiary/aromatic N) is 6. The molecule has 1 aromatic carbocycles. The largest absolute Gasteiger partial charge is 0.424 e. The van der Waals surface area contributed by atoms with Gasteiger partial charge in [0.1, 0.15) is 5.52 Å². The van der Waals surface area contributed by atoms with E-state index in [2.05, 4.69) is 44.9 Å². The lowest BCUT2D eigenvalue weighted by molar-refractivity contribution is 0.0227. The molecule has 2 fully saturated rings. The average Bonchev–Trinajstić information content (AvgIpc) is 3.25. The van der Waals surface area contributed by atoms with Crippen molar-refractivity contribution in [1.29, 1.82) is 0 Å². The third-order valence-corrected chi connectivity index (χ3v) is 6.89. The Morgan fingerprint density at radius 2 is 2.03 bits per heavy atom. The van der Waals surface area contributed by atoms with Gasteiger partial charge in [0.15, 0.2) is 5.58 Å². The van der Waals surface area contributed by atoms with Crippen LogP contribution >= 0.6 is 0 Å². The smallest absolute Gasteiger partial charge is 0.295 e. The number of nitrogens with one attached hydrogen (secondary N) is 1. The fourth-order valence-electron chi connectivity index (χ4n) is 4.59. The maximum absolute atomic E-state index is 5.60. The maximum atomic E-state index is 5.60. The van der Waals surface area contributed by atoms with Gasteiger partial charge < -0.3 is 19.5 Å². The first-order chi connectivity index (χ1) is 16.1. The Morgan fingerprint density at radius 1 is 1.21 bits per heavy atom. The van der Waals surface area contributed by atoms with Crippen molar-refractivity contribution in [1.82, 2.24) is 19.7 Å². The molecule has 2 saturated heterocycles. The van der Waals surface area contributed by atoms with Crippen molar-refractivity contribution in [3.63, 3.8) is 0 Å². The molecule has 0 unspecified atom stereocenters. The highest BCUT2D eigenvalue weighted by Crippen LogP contribution is 2.22. The molecule has 4 heterocycles. The van der Waals surface area contributed by atoms with Crippen molar-refractivity contribution < 1.29 is 4.42 Å². The molecule has 5 rings (SSSR count). The van der Waals surface area contributed by atoms with E-state index in [4.69, 9.17) is 14.4 Å². The molecule has 0 saturated carbocycles. The van der Waals surface area contributed by atoms with Gasteiger partial charge >= 0.3 is 0 Å². The number of anilines is 1. The summed E-state index contributed by atoms with van der Waals surface area (Å²) in [5.41, 5.74) is 5.77. The molecule has 1 aromatic heterocycles. The number of likely N-dealkylation sites (N-methyl/N-ethyl adjacent to an activating group) is 1. The predicted molar refractivity (Wildman–Crippen MR) is 134 cm³/mol. The molecular weight excluding hydrogens is 414 g/mol. The van der Waals surface area contributed by atoms with E-state index in [0.717, 1.165) is 41.2 Å². The second-order valence-corrected chi connectivity index (χ2v) is 8.91. The van der Waals surface area contributed by atoms with E-state index in [1.54, 1.807) is 7.05 Å². The Morgan fingerprint density at radius 3 is 2.73 bits per heavy atom. The highest BCUT2D eigenvalue weighted by atomic mass is 16.4. The van der Waals surface area contributed by atoms with E-state index in [9.17, 15) is 0 Å². The minimum Gasteiger partial charge on any atom is -0.424 e. The molecule has 0 aliphatic carbocycles. The van der Waals surface area contributed by atoms with E-state index in [1.807, 2.05) is 30.5 Å². The summed E-state index contributed by atoms with van der Waals surface area (Å²) >= 11 is 0. The van der Waals surface area contributed by atoms with Crippen molar-refractivity contribution in [2.45, 2.75) is 19.9 Å². The van der Waals surface area contributed by atoms with Gasteiger partial charge in [-0.2, -0.15) is 4.98 Å². The lowest BCUT2D eigenvalue weighted by Crippen LogP contribution is -2.62. The Hall–Kier alpha value is -2.97. The second-order valence-electron chi connectivity index (χ2n) is 8.91. The zero-order valence-electron chi connectivity index (χ0n) is 19.8. The van der Waals surface area contributed by atoms with E-state index in [-0.39, 0.29) is 0 Å². The molecule has 0 radical (unpaired) electrons. The number of dihydropyridines is 1. The molecule has 0 amide bonds. The highest BCUT2D eigenvalue weighted by Gasteiger charge is 2.33. The first-order valence-electron chi connectivity index (χ1n) is 11.9. The summed E-state index contributed by atoms with van der Waals surface area (Å²) in [4.78, 5) is 21.5. The molecule has 33 heavy (non-hydrogen) atoms. The summed E-state index contributed by atoms with van der Waals surface area (Å²) in [7, 11) is 1.80. The molecule has 0 bridgehead atoms. The number of aromatic nitrogens is 1. The Balaban J connectivity index is 1.15. The van der Waals surface area contributed by atoms with Gasteiger partial charge in [0.2, 0.25) is 0 Å². The van der Waals surface area contributed by atoms with E-state index in [1.165, 1.54) is 38.4 Å². The quantitative estimate of drug-likeness (QED) is 0.734. The minimum atomic E-state index is 0.521. The summed E-state index contributed by atoms with van der Waals surface area (Å²) in [6.07, 6.45) is 6.08. The summed E-state index contributed by atoms with van der Waals surface area (Å²) in [6.45, 7) is 13.2. The van der Waals surface area contributed by atoms with Gasteiger partial charge in [-0.05, 0) is 43.8 Å². The molecule has 3 aliphatic heterocycles. The second kappa shape index (κ2) is 9.49. The predicted octanol–water partition coefficient (Wildman–Crippen LogP) is 2.85. The van der Waals surface area contributed by atoms with Gasteiger partial charge in [-0.3, -0.25) is 14.9 Å². The SMILES string of the molecule is CCN1CCN(C2CN(/C(C)=C/N=C3C=CC(c4ccc5oc(NC)nc5c4)=NC3)C2)CC1. The number of oxazole rings is 1. The fraction of sp³-hybridized carbons (Fsp3) is 0.480. The van der Waals surface area contributed by atoms with Crippen LogP contribution in [0.1, 0.15) is 19.4 Å². The number of benzene rings is 1. The lowest BCUT2D eigenvalue weighted by atomic mass is 10.1. The molecule has 8 nitrogen and oxygen atoms in total. The zero-order valence-corrected chi connectivity index (χ0v) is 19.8. The molecule has 8 heteroatoms. The number of piperazine rings is 1. The van der Waals surface area contributed by atoms with Crippen LogP contribution in [0.5, 0.6) is 0 Å². The van der Waals surface area contributed by atoms with Crippen LogP contribution in [0.15, 0.2) is 56.7 Å². The zero-order chi connectivity index (χ0) is 22.8. The normalized spacial score (nSPS) is 22.2. The molecule has 0 spiro atoms. The molecule has 1 N–H and O–H groups in total. The van der Waals surface area contributed by atoms with Crippen LogP contribution in [0.4, 0.5) is 6.01 Å². The van der Waals surface area contributed by atoms with Crippen LogP contribution in [-0.2, 0) is 0 Å². The minimum absolute atomic E-state index is 0.521. The summed E-state index contributed by atoms with van der Waals surface area (Å²) in [5.74, 6) is 0. The van der Waals surface area contributed by atoms with Gasteiger partial charge in [0, 0.05) is 69.8 Å². The molecule has 3 aliphatic rings. The first-order valence-corrected chi connectivity index (χ1v) is 11.9. The standard InChI is InChI=1S/C25H33N7O/c1-4-30-9-11-31(12-10-30)21-16-32(17-21)18(2)14-27-20-6-7-22(28-15-20)19-5-8-24-23(13-19)29-25(26-3)33-24/h5-8,13-14,21H,4,9-12,15-17H2,1-3H3,(H,26,29)/b18-14+,27-20?. The van der Waals surface area contributed by atoms with Crippen molar-refractivity contribution in [2.24, 2.45) is 9.98 Å². The summed E-state index contributed by atoms with van der Waals surface area (Å²) in [5, 5.41) is 2.93. The van der Waals surface area contributed by atoms with E-state index >= 15 is 0 Å². The van der Waals surface area contributed by atoms with E-state index < -0.39 is 0 Å². The van der Waals surface area contributed by atoms with E-state index in [0.29, 0.717) is 18.6 Å². The fourth-order valence-corrected chi connectivity index (χ4v) is 4.59. The van der Waals surface area contributed by atoms with Crippen molar-refractivity contribution in [3.05, 3.63) is 47.8 Å². The van der Waals surface area contributed by atoms with Crippen LogP contribution < -0.4 is 5.32 Å². The monoisotopic (exact) mass is 447 g/mol. The number of rotatable bonds is 6. The van der Waals surface area contributed by atoms with Crippen LogP contribution in [0, 0.1) is 0 Å². The number of fused-ring (bicyclic) bond motifs is 1. The number of likely N-dealkylation sites (tertiary alicyclic amines) is 1. The van der Waals surface area contributed by atoms with Crippen molar-refractivity contribution >= 4 is 28.5 Å². The van der Waals surface area contributed by atoms with Crippen LogP contribution in [0.3, 0.4) is 0 Å². The molecule has 174 valence electrons.